The quantitative estimate of drug-likeness (QED) is 0.408. The molecule has 0 saturated carbocycles. The van der Waals surface area contributed by atoms with Crippen LogP contribution in [0.2, 0.25) is 0 Å². The van der Waals surface area contributed by atoms with Gasteiger partial charge in [0.1, 0.15) is 11.5 Å². The number of ether oxygens (including phenoxy) is 1. The molecule has 1 rings (SSSR count). The molecule has 0 aromatic heterocycles. The fourth-order valence-electron chi connectivity index (χ4n) is 1.15. The average Bonchev–Trinajstić information content (AvgIpc) is 2.39. The number of benzene rings is 1. The van der Waals surface area contributed by atoms with Gasteiger partial charge < -0.3 is 4.74 Å². The Morgan fingerprint density at radius 3 is 2.19 bits per heavy atom. The maximum absolute atomic E-state index is 5.56. The lowest BCUT2D eigenvalue weighted by Gasteiger charge is -2.06. The van der Waals surface area contributed by atoms with Gasteiger partial charge in [0.05, 0.1) is 0 Å². The predicted octanol–water partition coefficient (Wildman–Crippen LogP) is 4.52. The predicted molar refractivity (Wildman–Crippen MR) is 71.7 cm³/mol. The molecule has 0 saturated heterocycles. The molecule has 0 aliphatic carbocycles. The molecule has 16 heavy (non-hydrogen) atoms. The summed E-state index contributed by atoms with van der Waals surface area (Å²) < 4.78 is 5.56. The molecule has 1 aromatic rings. The Hall–Kier alpha value is -1.76. The van der Waals surface area contributed by atoms with Crippen LogP contribution in [0.3, 0.4) is 0 Å². The second-order valence-electron chi connectivity index (χ2n) is 2.99. The fourth-order valence-corrected chi connectivity index (χ4v) is 1.15. The summed E-state index contributed by atoms with van der Waals surface area (Å²) in [5, 5.41) is 0. The number of aryl methyl sites for hydroxylation is 1. The molecule has 1 heteroatoms. The number of hydrogen-bond donors (Lipinski definition) is 0. The molecule has 0 radical (unpaired) electrons. The van der Waals surface area contributed by atoms with Crippen LogP contribution in [0.5, 0.6) is 5.75 Å². The maximum Gasteiger partial charge on any atom is 0.127 e. The van der Waals surface area contributed by atoms with Crippen LogP contribution in [0, 0.1) is 0 Å². The SMILES string of the molecule is C=C.C=C/C(=C\C)Oc1ccc(CC)cc1. The van der Waals surface area contributed by atoms with Crippen LogP contribution >= 0.6 is 0 Å². The minimum Gasteiger partial charge on any atom is -0.458 e. The van der Waals surface area contributed by atoms with Crippen LogP contribution in [-0.4, -0.2) is 0 Å². The van der Waals surface area contributed by atoms with Crippen LogP contribution < -0.4 is 4.74 Å². The van der Waals surface area contributed by atoms with Crippen molar-refractivity contribution in [2.45, 2.75) is 20.3 Å². The van der Waals surface area contributed by atoms with Gasteiger partial charge in [-0.1, -0.05) is 25.6 Å². The Labute approximate surface area is 98.8 Å². The lowest BCUT2D eigenvalue weighted by molar-refractivity contribution is 0.443. The normalized spacial score (nSPS) is 10.0. The Morgan fingerprint density at radius 2 is 1.81 bits per heavy atom. The van der Waals surface area contributed by atoms with Crippen LogP contribution in [0.4, 0.5) is 0 Å². The molecule has 0 heterocycles. The summed E-state index contributed by atoms with van der Waals surface area (Å²) in [6.45, 7) is 13.7. The molecule has 1 nitrogen and oxygen atoms in total. The average molecular weight is 216 g/mol. The van der Waals surface area contributed by atoms with E-state index in [0.29, 0.717) is 0 Å². The molecule has 0 atom stereocenters. The van der Waals surface area contributed by atoms with E-state index < -0.39 is 0 Å². The summed E-state index contributed by atoms with van der Waals surface area (Å²) in [5.41, 5.74) is 1.32. The summed E-state index contributed by atoms with van der Waals surface area (Å²) in [6.07, 6.45) is 4.65. The maximum atomic E-state index is 5.56. The van der Waals surface area contributed by atoms with Crippen LogP contribution in [0.1, 0.15) is 19.4 Å². The lowest BCUT2D eigenvalue weighted by Crippen LogP contribution is -1.91. The number of hydrogen-bond acceptors (Lipinski definition) is 1. The van der Waals surface area contributed by atoms with Crippen molar-refractivity contribution < 1.29 is 4.74 Å². The topological polar surface area (TPSA) is 9.23 Å². The highest BCUT2D eigenvalue weighted by atomic mass is 16.5. The van der Waals surface area contributed by atoms with Crippen LogP contribution in [0.25, 0.3) is 0 Å². The zero-order chi connectivity index (χ0) is 12.4. The molecule has 0 aliphatic heterocycles. The van der Waals surface area contributed by atoms with Gasteiger partial charge >= 0.3 is 0 Å². The molecular formula is C15H20O. The molecule has 0 bridgehead atoms. The molecule has 0 N–H and O–H groups in total. The van der Waals surface area contributed by atoms with Gasteiger partial charge in [-0.3, -0.25) is 0 Å². The van der Waals surface area contributed by atoms with E-state index in [9.17, 15) is 0 Å². The second-order valence-corrected chi connectivity index (χ2v) is 2.99. The van der Waals surface area contributed by atoms with Gasteiger partial charge in [0.2, 0.25) is 0 Å². The van der Waals surface area contributed by atoms with Crippen molar-refractivity contribution in [2.24, 2.45) is 0 Å². The highest BCUT2D eigenvalue weighted by Gasteiger charge is 1.95. The largest absolute Gasteiger partial charge is 0.458 e. The molecule has 0 spiro atoms. The molecule has 0 amide bonds. The van der Waals surface area contributed by atoms with Crippen molar-refractivity contribution in [1.82, 2.24) is 0 Å². The third-order valence-electron chi connectivity index (χ3n) is 2.05. The first-order valence-electron chi connectivity index (χ1n) is 5.35. The van der Waals surface area contributed by atoms with E-state index in [1.807, 2.05) is 25.1 Å². The first-order chi connectivity index (χ1) is 7.80. The Bertz CT molecular complexity index is 333. The van der Waals surface area contributed by atoms with Gasteiger partial charge in [-0.15, -0.1) is 13.2 Å². The summed E-state index contributed by atoms with van der Waals surface area (Å²) in [6, 6.07) is 8.11. The second kappa shape index (κ2) is 8.54. The van der Waals surface area contributed by atoms with E-state index in [1.165, 1.54) is 5.56 Å². The van der Waals surface area contributed by atoms with Crippen molar-refractivity contribution in [3.05, 3.63) is 67.5 Å². The highest BCUT2D eigenvalue weighted by molar-refractivity contribution is 5.29. The third-order valence-corrected chi connectivity index (χ3v) is 2.05. The van der Waals surface area contributed by atoms with Crippen molar-refractivity contribution in [1.29, 1.82) is 0 Å². The summed E-state index contributed by atoms with van der Waals surface area (Å²) in [5.74, 6) is 1.64. The van der Waals surface area contributed by atoms with E-state index in [2.05, 4.69) is 38.8 Å². The van der Waals surface area contributed by atoms with E-state index in [4.69, 9.17) is 4.74 Å². The van der Waals surface area contributed by atoms with Gasteiger partial charge in [0.25, 0.3) is 0 Å². The third kappa shape index (κ3) is 4.65. The molecular weight excluding hydrogens is 196 g/mol. The van der Waals surface area contributed by atoms with E-state index >= 15 is 0 Å². The Morgan fingerprint density at radius 1 is 1.25 bits per heavy atom. The highest BCUT2D eigenvalue weighted by Crippen LogP contribution is 2.15. The van der Waals surface area contributed by atoms with Gasteiger partial charge in [0.15, 0.2) is 0 Å². The van der Waals surface area contributed by atoms with E-state index in [-0.39, 0.29) is 0 Å². The minimum absolute atomic E-state index is 0.786. The van der Waals surface area contributed by atoms with Gasteiger partial charge in [0, 0.05) is 0 Å². The number of allylic oxidation sites excluding steroid dienone is 2. The van der Waals surface area contributed by atoms with Gasteiger partial charge in [-0.2, -0.15) is 0 Å². The molecule has 0 fully saturated rings. The van der Waals surface area contributed by atoms with Crippen molar-refractivity contribution in [3.63, 3.8) is 0 Å². The van der Waals surface area contributed by atoms with Crippen LogP contribution in [-0.2, 0) is 6.42 Å². The zero-order valence-electron chi connectivity index (χ0n) is 10.2. The van der Waals surface area contributed by atoms with Crippen LogP contribution in [0.15, 0.2) is 61.9 Å². The number of rotatable bonds is 4. The lowest BCUT2D eigenvalue weighted by atomic mass is 10.2. The molecule has 1 aromatic carbocycles. The van der Waals surface area contributed by atoms with Gasteiger partial charge in [-0.05, 0) is 43.2 Å². The van der Waals surface area contributed by atoms with E-state index in [0.717, 1.165) is 17.9 Å². The first kappa shape index (κ1) is 14.2. The van der Waals surface area contributed by atoms with E-state index in [1.54, 1.807) is 6.08 Å². The first-order valence-corrected chi connectivity index (χ1v) is 5.35. The molecule has 0 unspecified atom stereocenters. The van der Waals surface area contributed by atoms with Crippen molar-refractivity contribution in [2.75, 3.05) is 0 Å². The minimum atomic E-state index is 0.786. The molecule has 86 valence electrons. The fraction of sp³-hybridized carbons (Fsp3) is 0.200. The zero-order valence-corrected chi connectivity index (χ0v) is 10.2. The van der Waals surface area contributed by atoms with Crippen molar-refractivity contribution >= 4 is 0 Å². The summed E-state index contributed by atoms with van der Waals surface area (Å²) in [7, 11) is 0. The molecule has 0 aliphatic rings. The summed E-state index contributed by atoms with van der Waals surface area (Å²) >= 11 is 0. The monoisotopic (exact) mass is 216 g/mol. The Kier molecular flexibility index (Phi) is 7.60. The smallest absolute Gasteiger partial charge is 0.127 e. The van der Waals surface area contributed by atoms with Gasteiger partial charge in [-0.25, -0.2) is 0 Å². The standard InChI is InChI=1S/C13H16O.C2H4/c1-4-11-7-9-13(10-8-11)14-12(5-2)6-3;1-2/h5-10H,2,4H2,1,3H3;1-2H2/b12-6+;. The summed E-state index contributed by atoms with van der Waals surface area (Å²) in [4.78, 5) is 0. The van der Waals surface area contributed by atoms with Crippen molar-refractivity contribution in [3.8, 4) is 5.75 Å². The Balaban J connectivity index is 0.00000106.